The minimum atomic E-state index is -0.324. The fraction of sp³-hybridized carbons (Fsp3) is 0.476. The first-order chi connectivity index (χ1) is 10.8. The second kappa shape index (κ2) is 8.71. The van der Waals surface area contributed by atoms with E-state index in [-0.39, 0.29) is 11.4 Å². The Labute approximate surface area is 141 Å². The summed E-state index contributed by atoms with van der Waals surface area (Å²) in [5, 5.41) is 0. The van der Waals surface area contributed by atoms with Gasteiger partial charge in [0.1, 0.15) is 0 Å². The lowest BCUT2D eigenvalue weighted by atomic mass is 9.72. The van der Waals surface area contributed by atoms with Crippen molar-refractivity contribution in [3.05, 3.63) is 58.7 Å². The van der Waals surface area contributed by atoms with E-state index in [1.165, 1.54) is 49.2 Å². The van der Waals surface area contributed by atoms with Gasteiger partial charge in [0.25, 0.3) is 0 Å². The van der Waals surface area contributed by atoms with E-state index >= 15 is 0 Å². The molecule has 126 valence electrons. The van der Waals surface area contributed by atoms with Crippen LogP contribution in [0.2, 0.25) is 0 Å². The molecule has 0 aromatic carbocycles. The largest absolute Gasteiger partial charge is 0.466 e. The molecule has 0 heterocycles. The number of allylic oxidation sites excluding steroid dienone is 9. The van der Waals surface area contributed by atoms with Gasteiger partial charge < -0.3 is 4.74 Å². The van der Waals surface area contributed by atoms with Crippen LogP contribution in [-0.4, -0.2) is 13.1 Å². The molecule has 0 spiro atoms. The fourth-order valence-electron chi connectivity index (χ4n) is 2.93. The summed E-state index contributed by atoms with van der Waals surface area (Å²) in [4.78, 5) is 11.1. The van der Waals surface area contributed by atoms with Gasteiger partial charge in [0.2, 0.25) is 0 Å². The van der Waals surface area contributed by atoms with Gasteiger partial charge in [-0.3, -0.25) is 0 Å². The van der Waals surface area contributed by atoms with Crippen LogP contribution in [-0.2, 0) is 9.53 Å². The molecule has 0 aliphatic heterocycles. The number of carbonyl (C=O) groups is 1. The highest BCUT2D eigenvalue weighted by Gasteiger charge is 2.26. The van der Waals surface area contributed by atoms with Gasteiger partial charge in [0, 0.05) is 6.08 Å². The lowest BCUT2D eigenvalue weighted by molar-refractivity contribution is -0.134. The Hall–Kier alpha value is -1.83. The molecule has 0 atom stereocenters. The summed E-state index contributed by atoms with van der Waals surface area (Å²) >= 11 is 0. The minimum absolute atomic E-state index is 0.273. The van der Waals surface area contributed by atoms with Crippen LogP contribution >= 0.6 is 0 Å². The normalized spacial score (nSPS) is 19.7. The van der Waals surface area contributed by atoms with Crippen molar-refractivity contribution in [2.75, 3.05) is 7.11 Å². The fourth-order valence-corrected chi connectivity index (χ4v) is 2.93. The van der Waals surface area contributed by atoms with Gasteiger partial charge in [-0.15, -0.1) is 0 Å². The van der Waals surface area contributed by atoms with E-state index in [0.717, 1.165) is 5.57 Å². The van der Waals surface area contributed by atoms with Gasteiger partial charge >= 0.3 is 5.97 Å². The zero-order chi connectivity index (χ0) is 17.5. The third-order valence-corrected chi connectivity index (χ3v) is 4.32. The summed E-state index contributed by atoms with van der Waals surface area (Å²) in [6.45, 7) is 10.9. The zero-order valence-corrected chi connectivity index (χ0v) is 15.4. The molecule has 0 aromatic heterocycles. The van der Waals surface area contributed by atoms with Gasteiger partial charge in [-0.25, -0.2) is 4.79 Å². The Morgan fingerprint density at radius 1 is 1.17 bits per heavy atom. The first-order valence-electron chi connectivity index (χ1n) is 8.26. The van der Waals surface area contributed by atoms with Crippen LogP contribution in [0.25, 0.3) is 0 Å². The summed E-state index contributed by atoms with van der Waals surface area (Å²) < 4.78 is 4.60. The van der Waals surface area contributed by atoms with Gasteiger partial charge in [0.15, 0.2) is 0 Å². The molecule has 0 bridgehead atoms. The highest BCUT2D eigenvalue weighted by molar-refractivity contribution is 5.83. The smallest absolute Gasteiger partial charge is 0.330 e. The van der Waals surface area contributed by atoms with Crippen molar-refractivity contribution in [2.45, 2.75) is 53.9 Å². The summed E-state index contributed by atoms with van der Waals surface area (Å²) in [7, 11) is 1.38. The van der Waals surface area contributed by atoms with E-state index < -0.39 is 0 Å². The predicted octanol–water partition coefficient (Wildman–Crippen LogP) is 5.69. The van der Waals surface area contributed by atoms with Crippen LogP contribution in [0.3, 0.4) is 0 Å². The Balaban J connectivity index is 2.77. The standard InChI is InChI=1S/C21H30O2/c1-16(9-7-10-17(2)15-20(22)23-6)12-13-19-18(3)11-8-14-21(19,4)5/h7,9-10,12-13,15H,8,11,14H2,1-6H3/b10-7+,13-12+,16-9+,17-15+. The average molecular weight is 314 g/mol. The molecule has 23 heavy (non-hydrogen) atoms. The maximum atomic E-state index is 11.1. The van der Waals surface area contributed by atoms with E-state index in [0.29, 0.717) is 0 Å². The van der Waals surface area contributed by atoms with Gasteiger partial charge in [-0.1, -0.05) is 55.4 Å². The Morgan fingerprint density at radius 3 is 2.48 bits per heavy atom. The summed E-state index contributed by atoms with van der Waals surface area (Å²) in [5.74, 6) is -0.324. The van der Waals surface area contributed by atoms with Crippen molar-refractivity contribution in [1.29, 1.82) is 0 Å². The summed E-state index contributed by atoms with van der Waals surface area (Å²) in [5.41, 5.74) is 5.32. The van der Waals surface area contributed by atoms with Crippen LogP contribution in [0.15, 0.2) is 58.7 Å². The van der Waals surface area contributed by atoms with E-state index in [1.54, 1.807) is 0 Å². The lowest BCUT2D eigenvalue weighted by Crippen LogP contribution is -2.19. The number of esters is 1. The molecule has 2 heteroatoms. The van der Waals surface area contributed by atoms with Crippen molar-refractivity contribution in [1.82, 2.24) is 0 Å². The van der Waals surface area contributed by atoms with Crippen LogP contribution < -0.4 is 0 Å². The van der Waals surface area contributed by atoms with Crippen LogP contribution in [0.1, 0.15) is 53.9 Å². The van der Waals surface area contributed by atoms with E-state index in [4.69, 9.17) is 0 Å². The third kappa shape index (κ3) is 6.43. The maximum absolute atomic E-state index is 11.1. The summed E-state index contributed by atoms with van der Waals surface area (Å²) in [6.07, 6.45) is 15.6. The topological polar surface area (TPSA) is 26.3 Å². The molecule has 0 aromatic rings. The number of ether oxygens (including phenoxy) is 1. The van der Waals surface area contributed by atoms with Crippen LogP contribution in [0.5, 0.6) is 0 Å². The molecule has 0 amide bonds. The molecular weight excluding hydrogens is 284 g/mol. The Morgan fingerprint density at radius 2 is 1.87 bits per heavy atom. The van der Waals surface area contributed by atoms with E-state index in [2.05, 4.69) is 50.7 Å². The molecule has 0 saturated heterocycles. The van der Waals surface area contributed by atoms with Gasteiger partial charge in [0.05, 0.1) is 7.11 Å². The molecule has 1 aliphatic rings. The second-order valence-electron chi connectivity index (χ2n) is 6.95. The molecule has 0 radical (unpaired) electrons. The van der Waals surface area contributed by atoms with Crippen LogP contribution in [0.4, 0.5) is 0 Å². The van der Waals surface area contributed by atoms with Crippen molar-refractivity contribution in [2.24, 2.45) is 5.41 Å². The van der Waals surface area contributed by atoms with E-state index in [1.807, 2.05) is 19.1 Å². The third-order valence-electron chi connectivity index (χ3n) is 4.32. The van der Waals surface area contributed by atoms with Crippen LogP contribution in [0, 0.1) is 5.41 Å². The first kappa shape index (κ1) is 19.2. The first-order valence-corrected chi connectivity index (χ1v) is 8.26. The number of hydrogen-bond acceptors (Lipinski definition) is 2. The average Bonchev–Trinajstić information content (AvgIpc) is 2.45. The minimum Gasteiger partial charge on any atom is -0.466 e. The van der Waals surface area contributed by atoms with E-state index in [9.17, 15) is 4.79 Å². The zero-order valence-electron chi connectivity index (χ0n) is 15.4. The number of hydrogen-bond donors (Lipinski definition) is 0. The molecule has 1 rings (SSSR count). The Kier molecular flexibility index (Phi) is 7.28. The molecule has 0 saturated carbocycles. The molecule has 1 aliphatic carbocycles. The number of methoxy groups -OCH3 is 1. The van der Waals surface area contributed by atoms with Gasteiger partial charge in [-0.05, 0) is 56.6 Å². The SMILES string of the molecule is COC(=O)/C=C(C)/C=C/C=C(C)/C=C/C1=C(C)CCCC1(C)C. The lowest BCUT2D eigenvalue weighted by Gasteiger charge is -2.32. The monoisotopic (exact) mass is 314 g/mol. The Bertz CT molecular complexity index is 581. The number of rotatable bonds is 5. The van der Waals surface area contributed by atoms with Crippen molar-refractivity contribution >= 4 is 5.97 Å². The highest BCUT2D eigenvalue weighted by atomic mass is 16.5. The molecular formula is C21H30O2. The van der Waals surface area contributed by atoms with Crippen molar-refractivity contribution in [3.63, 3.8) is 0 Å². The van der Waals surface area contributed by atoms with Crippen molar-refractivity contribution in [3.8, 4) is 0 Å². The molecule has 2 nitrogen and oxygen atoms in total. The van der Waals surface area contributed by atoms with Crippen molar-refractivity contribution < 1.29 is 9.53 Å². The molecule has 0 fully saturated rings. The quantitative estimate of drug-likeness (QED) is 0.370. The predicted molar refractivity (Wildman–Crippen MR) is 98.1 cm³/mol. The number of carbonyl (C=O) groups excluding carboxylic acids is 1. The highest BCUT2D eigenvalue weighted by Crippen LogP contribution is 2.40. The molecule has 0 N–H and O–H groups in total. The maximum Gasteiger partial charge on any atom is 0.330 e. The summed E-state index contributed by atoms with van der Waals surface area (Å²) in [6, 6.07) is 0. The second-order valence-corrected chi connectivity index (χ2v) is 6.95. The van der Waals surface area contributed by atoms with Gasteiger partial charge in [-0.2, -0.15) is 0 Å². The molecule has 0 unspecified atom stereocenters.